The van der Waals surface area contributed by atoms with Gasteiger partial charge in [0.05, 0.1) is 12.3 Å². The molecule has 0 aliphatic rings. The zero-order valence-electron chi connectivity index (χ0n) is 15.4. The number of nitrogens with zero attached hydrogens (tertiary/aromatic N) is 1. The van der Waals surface area contributed by atoms with Gasteiger partial charge in [0.15, 0.2) is 5.69 Å². The fraction of sp³-hybridized carbons (Fsp3) is 0.238. The highest BCUT2D eigenvalue weighted by Crippen LogP contribution is 2.28. The third-order valence-corrected chi connectivity index (χ3v) is 4.09. The predicted molar refractivity (Wildman–Crippen MR) is 106 cm³/mol. The molecule has 1 heterocycles. The molecule has 0 unspecified atom stereocenters. The van der Waals surface area contributed by atoms with Crippen molar-refractivity contribution in [2.75, 3.05) is 0 Å². The predicted octanol–water partition coefficient (Wildman–Crippen LogP) is 4.84. The topological polar surface area (TPSA) is 75.2 Å². The number of esters is 1. The number of benzene rings is 2. The Morgan fingerprint density at radius 2 is 1.67 bits per heavy atom. The molecule has 6 heteroatoms. The third-order valence-electron chi connectivity index (χ3n) is 3.84. The summed E-state index contributed by atoms with van der Waals surface area (Å²) in [6.07, 6.45) is 0. The molecule has 3 rings (SSSR count). The van der Waals surface area contributed by atoms with Crippen molar-refractivity contribution in [2.24, 2.45) is 0 Å². The third kappa shape index (κ3) is 4.56. The van der Waals surface area contributed by atoms with Crippen LogP contribution in [0, 0.1) is 0 Å². The van der Waals surface area contributed by atoms with Crippen LogP contribution in [0.5, 0.6) is 0 Å². The van der Waals surface area contributed by atoms with Crippen LogP contribution in [0.1, 0.15) is 36.8 Å². The first-order valence-corrected chi connectivity index (χ1v) is 8.94. The molecular weight excluding hydrogens is 364 g/mol. The molecule has 0 radical (unpaired) electrons. The van der Waals surface area contributed by atoms with E-state index in [0.29, 0.717) is 16.5 Å². The average Bonchev–Trinajstić information content (AvgIpc) is 3.06. The first-order chi connectivity index (χ1) is 12.8. The van der Waals surface area contributed by atoms with E-state index in [2.05, 4.69) is 9.97 Å². The van der Waals surface area contributed by atoms with Crippen LogP contribution in [-0.4, -0.2) is 26.6 Å². The molecule has 27 heavy (non-hydrogen) atoms. The number of aliphatic hydroxyl groups excluding tert-OH is 1. The largest absolute Gasteiger partial charge is 0.455 e. The summed E-state index contributed by atoms with van der Waals surface area (Å²) in [5.41, 5.74) is 2.55. The maximum Gasteiger partial charge on any atom is 0.359 e. The number of imidazole rings is 1. The number of H-pyrrole nitrogens is 1. The zero-order chi connectivity index (χ0) is 19.6. The number of carbonyl (C=O) groups is 1. The van der Waals surface area contributed by atoms with Crippen molar-refractivity contribution in [2.45, 2.75) is 33.0 Å². The number of hydrogen-bond donors (Lipinski definition) is 2. The summed E-state index contributed by atoms with van der Waals surface area (Å²) in [5.74, 6) is 0.0484. The van der Waals surface area contributed by atoms with Gasteiger partial charge in [0.25, 0.3) is 0 Å². The number of aromatic nitrogens is 2. The van der Waals surface area contributed by atoms with Crippen LogP contribution in [0.3, 0.4) is 0 Å². The molecule has 0 spiro atoms. The van der Waals surface area contributed by atoms with E-state index in [4.69, 9.17) is 16.3 Å². The highest BCUT2D eigenvalue weighted by molar-refractivity contribution is 6.30. The van der Waals surface area contributed by atoms with Crippen molar-refractivity contribution in [1.82, 2.24) is 9.97 Å². The second kappa shape index (κ2) is 7.55. The molecule has 2 aromatic carbocycles. The molecule has 0 amide bonds. The maximum absolute atomic E-state index is 12.7. The van der Waals surface area contributed by atoms with Crippen molar-refractivity contribution in [3.63, 3.8) is 0 Å². The quantitative estimate of drug-likeness (QED) is 0.631. The van der Waals surface area contributed by atoms with Crippen molar-refractivity contribution in [1.29, 1.82) is 0 Å². The van der Waals surface area contributed by atoms with Crippen LogP contribution in [-0.2, 0) is 11.3 Å². The minimum Gasteiger partial charge on any atom is -0.455 e. The first-order valence-electron chi connectivity index (χ1n) is 8.56. The second-order valence-electron chi connectivity index (χ2n) is 7.17. The molecule has 0 aliphatic heterocycles. The molecule has 0 saturated heterocycles. The second-order valence-corrected chi connectivity index (χ2v) is 7.61. The van der Waals surface area contributed by atoms with Crippen LogP contribution in [0.4, 0.5) is 0 Å². The Morgan fingerprint density at radius 1 is 1.07 bits per heavy atom. The van der Waals surface area contributed by atoms with E-state index in [1.165, 1.54) is 0 Å². The van der Waals surface area contributed by atoms with Gasteiger partial charge in [-0.1, -0.05) is 48.0 Å². The molecule has 0 fully saturated rings. The summed E-state index contributed by atoms with van der Waals surface area (Å²) >= 11 is 5.98. The molecule has 0 aliphatic carbocycles. The van der Waals surface area contributed by atoms with E-state index >= 15 is 0 Å². The molecule has 5 nitrogen and oxygen atoms in total. The number of aromatic amines is 1. The van der Waals surface area contributed by atoms with E-state index in [0.717, 1.165) is 16.7 Å². The molecule has 0 atom stereocenters. The first kappa shape index (κ1) is 19.1. The smallest absolute Gasteiger partial charge is 0.359 e. The summed E-state index contributed by atoms with van der Waals surface area (Å²) in [6, 6.07) is 14.5. The summed E-state index contributed by atoms with van der Waals surface area (Å²) in [4.78, 5) is 20.4. The molecule has 1 aromatic heterocycles. The highest BCUT2D eigenvalue weighted by Gasteiger charge is 2.25. The van der Waals surface area contributed by atoms with Gasteiger partial charge in [-0.15, -0.1) is 0 Å². The Balaban J connectivity index is 2.07. The Bertz CT molecular complexity index is 939. The van der Waals surface area contributed by atoms with Crippen molar-refractivity contribution < 1.29 is 14.6 Å². The number of ether oxygens (including phenoxy) is 1. The van der Waals surface area contributed by atoms with Gasteiger partial charge in [0.2, 0.25) is 0 Å². The van der Waals surface area contributed by atoms with Gasteiger partial charge in [0, 0.05) is 16.1 Å². The fourth-order valence-corrected chi connectivity index (χ4v) is 2.70. The summed E-state index contributed by atoms with van der Waals surface area (Å²) in [5, 5.41) is 9.81. The van der Waals surface area contributed by atoms with Crippen LogP contribution in [0.2, 0.25) is 5.02 Å². The Kier molecular flexibility index (Phi) is 5.35. The SMILES string of the molecule is CC(C)(C)OC(=O)c1nc(-c2ccc(CO)cc2)[nH]c1-c1ccc(Cl)cc1. The minimum atomic E-state index is -0.629. The van der Waals surface area contributed by atoms with E-state index in [-0.39, 0.29) is 12.3 Å². The Hall–Kier alpha value is -2.63. The van der Waals surface area contributed by atoms with E-state index in [1.54, 1.807) is 12.1 Å². The number of carbonyl (C=O) groups excluding carboxylic acids is 1. The molecule has 2 N–H and O–H groups in total. The highest BCUT2D eigenvalue weighted by atomic mass is 35.5. The van der Waals surface area contributed by atoms with Gasteiger partial charge in [-0.2, -0.15) is 0 Å². The van der Waals surface area contributed by atoms with Gasteiger partial charge in [-0.05, 0) is 38.5 Å². The molecule has 3 aromatic rings. The van der Waals surface area contributed by atoms with E-state index in [1.807, 2.05) is 57.2 Å². The number of hydrogen-bond acceptors (Lipinski definition) is 4. The van der Waals surface area contributed by atoms with Crippen LogP contribution < -0.4 is 0 Å². The Labute approximate surface area is 163 Å². The maximum atomic E-state index is 12.7. The molecule has 0 bridgehead atoms. The standard InChI is InChI=1S/C21H21ClN2O3/c1-21(2,3)27-20(26)18-17(14-8-10-16(22)11-9-14)23-19(24-18)15-6-4-13(12-25)5-7-15/h4-11,25H,12H2,1-3H3,(H,23,24). The summed E-state index contributed by atoms with van der Waals surface area (Å²) < 4.78 is 5.51. The lowest BCUT2D eigenvalue weighted by Crippen LogP contribution is -2.24. The summed E-state index contributed by atoms with van der Waals surface area (Å²) in [6.45, 7) is 5.41. The Morgan fingerprint density at radius 3 is 2.22 bits per heavy atom. The molecule has 0 saturated carbocycles. The van der Waals surface area contributed by atoms with E-state index in [9.17, 15) is 9.90 Å². The fourth-order valence-electron chi connectivity index (χ4n) is 2.58. The van der Waals surface area contributed by atoms with E-state index < -0.39 is 11.6 Å². The zero-order valence-corrected chi connectivity index (χ0v) is 16.2. The lowest BCUT2D eigenvalue weighted by Gasteiger charge is -2.19. The average molecular weight is 385 g/mol. The van der Waals surface area contributed by atoms with Crippen LogP contribution in [0.25, 0.3) is 22.6 Å². The van der Waals surface area contributed by atoms with Crippen molar-refractivity contribution in [3.05, 3.63) is 64.8 Å². The number of rotatable bonds is 4. The molecule has 140 valence electrons. The lowest BCUT2D eigenvalue weighted by molar-refractivity contribution is 0.00645. The van der Waals surface area contributed by atoms with Gasteiger partial charge < -0.3 is 14.8 Å². The van der Waals surface area contributed by atoms with Gasteiger partial charge in [0.1, 0.15) is 11.4 Å². The van der Waals surface area contributed by atoms with Crippen LogP contribution in [0.15, 0.2) is 48.5 Å². The normalized spacial score (nSPS) is 11.4. The monoisotopic (exact) mass is 384 g/mol. The molecular formula is C21H21ClN2O3. The van der Waals surface area contributed by atoms with Crippen molar-refractivity contribution >= 4 is 17.6 Å². The number of aliphatic hydroxyl groups is 1. The van der Waals surface area contributed by atoms with Crippen molar-refractivity contribution in [3.8, 4) is 22.6 Å². The van der Waals surface area contributed by atoms with Gasteiger partial charge in [-0.3, -0.25) is 0 Å². The summed E-state index contributed by atoms with van der Waals surface area (Å²) in [7, 11) is 0. The van der Waals surface area contributed by atoms with Crippen LogP contribution >= 0.6 is 11.6 Å². The van der Waals surface area contributed by atoms with Gasteiger partial charge in [-0.25, -0.2) is 9.78 Å². The van der Waals surface area contributed by atoms with Gasteiger partial charge >= 0.3 is 5.97 Å². The number of halogens is 1. The minimum absolute atomic E-state index is 0.0301. The number of nitrogens with one attached hydrogen (secondary N) is 1. The lowest BCUT2D eigenvalue weighted by atomic mass is 10.1.